The molecule has 1 saturated carbocycles. The molecule has 0 aliphatic heterocycles. The molecule has 0 spiro atoms. The summed E-state index contributed by atoms with van der Waals surface area (Å²) in [6.07, 6.45) is 0.786. The molecule has 1 aliphatic carbocycles. The minimum atomic E-state index is -2.55. The zero-order valence-electron chi connectivity index (χ0n) is 8.88. The fourth-order valence-corrected chi connectivity index (χ4v) is 2.00. The molecule has 1 aliphatic rings. The maximum atomic E-state index is 12.1. The first-order chi connectivity index (χ1) is 6.96. The molecular formula is C10H17F2NO2. The molecule has 0 saturated heterocycles. The second-order valence-corrected chi connectivity index (χ2v) is 4.17. The Kier molecular flexibility index (Phi) is 4.02. The number of aliphatic hydroxyl groups is 1. The largest absolute Gasteiger partial charge is 0.380 e. The molecule has 1 rings (SSSR count). The van der Waals surface area contributed by atoms with Gasteiger partial charge in [0.15, 0.2) is 0 Å². The first-order valence-corrected chi connectivity index (χ1v) is 5.22. The number of alkyl halides is 2. The molecule has 0 aromatic heterocycles. The number of nitrogens with zero attached hydrogens (tertiary/aromatic N) is 1. The summed E-state index contributed by atoms with van der Waals surface area (Å²) in [6.45, 7) is -0.610. The molecule has 0 radical (unpaired) electrons. The van der Waals surface area contributed by atoms with Crippen LogP contribution in [0, 0.1) is 0 Å². The number of hydrogen-bond acceptors (Lipinski definition) is 2. The van der Waals surface area contributed by atoms with Crippen molar-refractivity contribution in [2.75, 3.05) is 13.6 Å². The van der Waals surface area contributed by atoms with Crippen LogP contribution in [0.4, 0.5) is 8.78 Å². The van der Waals surface area contributed by atoms with E-state index in [0.29, 0.717) is 12.8 Å². The summed E-state index contributed by atoms with van der Waals surface area (Å²) >= 11 is 0. The fraction of sp³-hybridized carbons (Fsp3) is 0.900. The zero-order chi connectivity index (χ0) is 11.5. The fourth-order valence-electron chi connectivity index (χ4n) is 2.00. The Labute approximate surface area is 88.1 Å². The Hall–Kier alpha value is -0.710. The number of hydrogen-bond donors (Lipinski definition) is 1. The average Bonchev–Trinajstić information content (AvgIpc) is 2.16. The van der Waals surface area contributed by atoms with Crippen LogP contribution in [0.5, 0.6) is 0 Å². The topological polar surface area (TPSA) is 40.5 Å². The molecule has 1 amide bonds. The third kappa shape index (κ3) is 3.12. The molecule has 3 nitrogen and oxygen atoms in total. The average molecular weight is 221 g/mol. The van der Waals surface area contributed by atoms with Crippen LogP contribution in [0.25, 0.3) is 0 Å². The highest BCUT2D eigenvalue weighted by molar-refractivity contribution is 5.84. The molecule has 1 fully saturated rings. The van der Waals surface area contributed by atoms with Crippen molar-refractivity contribution in [3.63, 3.8) is 0 Å². The van der Waals surface area contributed by atoms with E-state index in [1.54, 1.807) is 0 Å². The highest BCUT2D eigenvalue weighted by Crippen LogP contribution is 2.29. The summed E-state index contributed by atoms with van der Waals surface area (Å²) in [6, 6.07) is 0. The van der Waals surface area contributed by atoms with E-state index in [-0.39, 0.29) is 0 Å². The van der Waals surface area contributed by atoms with Gasteiger partial charge >= 0.3 is 0 Å². The number of amides is 1. The van der Waals surface area contributed by atoms with Crippen LogP contribution in [0.15, 0.2) is 0 Å². The van der Waals surface area contributed by atoms with Gasteiger partial charge in [0.25, 0.3) is 12.3 Å². The van der Waals surface area contributed by atoms with Gasteiger partial charge in [0.2, 0.25) is 0 Å². The van der Waals surface area contributed by atoms with Crippen molar-refractivity contribution in [3.8, 4) is 0 Å². The number of rotatable bonds is 3. The van der Waals surface area contributed by atoms with Crippen LogP contribution < -0.4 is 0 Å². The Morgan fingerprint density at radius 1 is 1.40 bits per heavy atom. The second kappa shape index (κ2) is 4.88. The molecular weight excluding hydrogens is 204 g/mol. The van der Waals surface area contributed by atoms with Gasteiger partial charge in [-0.25, -0.2) is 8.78 Å². The summed E-state index contributed by atoms with van der Waals surface area (Å²) in [5.74, 6) is -0.567. The Bertz CT molecular complexity index is 227. The molecule has 1 N–H and O–H groups in total. The highest BCUT2D eigenvalue weighted by Gasteiger charge is 2.39. The molecule has 0 heterocycles. The van der Waals surface area contributed by atoms with Crippen LogP contribution in [0.1, 0.15) is 32.1 Å². The summed E-state index contributed by atoms with van der Waals surface area (Å²) in [5, 5.41) is 9.99. The number of likely N-dealkylation sites (N-methyl/N-ethyl adjacent to an activating group) is 1. The van der Waals surface area contributed by atoms with E-state index in [0.717, 1.165) is 24.2 Å². The SMILES string of the molecule is CN(CC(F)F)C(=O)C1(O)CCCCC1. The van der Waals surface area contributed by atoms with Crippen molar-refractivity contribution >= 4 is 5.91 Å². The predicted molar refractivity (Wildman–Crippen MR) is 51.7 cm³/mol. The van der Waals surface area contributed by atoms with Gasteiger partial charge in [0, 0.05) is 7.05 Å². The molecule has 0 atom stereocenters. The van der Waals surface area contributed by atoms with E-state index >= 15 is 0 Å². The van der Waals surface area contributed by atoms with Crippen LogP contribution >= 0.6 is 0 Å². The molecule has 0 aromatic carbocycles. The predicted octanol–water partition coefficient (Wildman–Crippen LogP) is 1.41. The first-order valence-electron chi connectivity index (χ1n) is 5.22. The lowest BCUT2D eigenvalue weighted by Crippen LogP contribution is -2.49. The van der Waals surface area contributed by atoms with Crippen LogP contribution in [-0.2, 0) is 4.79 Å². The van der Waals surface area contributed by atoms with Crippen molar-refractivity contribution in [2.24, 2.45) is 0 Å². The van der Waals surface area contributed by atoms with Gasteiger partial charge in [-0.2, -0.15) is 0 Å². The highest BCUT2D eigenvalue weighted by atomic mass is 19.3. The second-order valence-electron chi connectivity index (χ2n) is 4.17. The minimum Gasteiger partial charge on any atom is -0.380 e. The van der Waals surface area contributed by atoms with Crippen LogP contribution in [-0.4, -0.2) is 41.5 Å². The number of halogens is 2. The Morgan fingerprint density at radius 2 is 1.93 bits per heavy atom. The summed E-state index contributed by atoms with van der Waals surface area (Å²) in [5.41, 5.74) is -1.40. The minimum absolute atomic E-state index is 0.388. The molecule has 0 bridgehead atoms. The third-order valence-electron chi connectivity index (χ3n) is 2.84. The lowest BCUT2D eigenvalue weighted by Gasteiger charge is -2.34. The maximum absolute atomic E-state index is 12.1. The van der Waals surface area contributed by atoms with Crippen molar-refractivity contribution in [1.29, 1.82) is 0 Å². The summed E-state index contributed by atoms with van der Waals surface area (Å²) in [4.78, 5) is 12.6. The third-order valence-corrected chi connectivity index (χ3v) is 2.84. The smallest absolute Gasteiger partial charge is 0.255 e. The number of carbonyl (C=O) groups is 1. The zero-order valence-corrected chi connectivity index (χ0v) is 8.88. The van der Waals surface area contributed by atoms with Gasteiger partial charge in [-0.3, -0.25) is 4.79 Å². The van der Waals surface area contributed by atoms with E-state index < -0.39 is 24.5 Å². The van der Waals surface area contributed by atoms with Gasteiger partial charge in [-0.15, -0.1) is 0 Å². The van der Waals surface area contributed by atoms with E-state index in [1.807, 2.05) is 0 Å². The van der Waals surface area contributed by atoms with Gasteiger partial charge < -0.3 is 10.0 Å². The van der Waals surface area contributed by atoms with Gasteiger partial charge in [0.05, 0.1) is 6.54 Å². The lowest BCUT2D eigenvalue weighted by molar-refractivity contribution is -0.154. The van der Waals surface area contributed by atoms with Crippen LogP contribution in [0.2, 0.25) is 0 Å². The normalized spacial score (nSPS) is 20.3. The molecule has 15 heavy (non-hydrogen) atoms. The Morgan fingerprint density at radius 3 is 2.40 bits per heavy atom. The van der Waals surface area contributed by atoms with Crippen LogP contribution in [0.3, 0.4) is 0 Å². The standard InChI is InChI=1S/C10H17F2NO2/c1-13(7-8(11)12)9(14)10(15)5-3-2-4-6-10/h8,15H,2-7H2,1H3. The van der Waals surface area contributed by atoms with Crippen molar-refractivity contribution < 1.29 is 18.7 Å². The van der Waals surface area contributed by atoms with Crippen molar-refractivity contribution in [2.45, 2.75) is 44.1 Å². The lowest BCUT2D eigenvalue weighted by atomic mass is 9.84. The number of carbonyl (C=O) groups excluding carboxylic acids is 1. The van der Waals surface area contributed by atoms with Gasteiger partial charge in [-0.1, -0.05) is 19.3 Å². The maximum Gasteiger partial charge on any atom is 0.255 e. The first kappa shape index (κ1) is 12.4. The van der Waals surface area contributed by atoms with E-state index in [9.17, 15) is 18.7 Å². The molecule has 5 heteroatoms. The molecule has 0 aromatic rings. The van der Waals surface area contributed by atoms with E-state index in [4.69, 9.17) is 0 Å². The summed E-state index contributed by atoms with van der Waals surface area (Å²) in [7, 11) is 1.31. The molecule has 0 unspecified atom stereocenters. The quantitative estimate of drug-likeness (QED) is 0.782. The van der Waals surface area contributed by atoms with Gasteiger partial charge in [0.1, 0.15) is 5.60 Å². The van der Waals surface area contributed by atoms with Crippen molar-refractivity contribution in [1.82, 2.24) is 4.90 Å². The van der Waals surface area contributed by atoms with Gasteiger partial charge in [-0.05, 0) is 12.8 Å². The van der Waals surface area contributed by atoms with E-state index in [1.165, 1.54) is 7.05 Å². The monoisotopic (exact) mass is 221 g/mol. The Balaban J connectivity index is 2.57. The van der Waals surface area contributed by atoms with Crippen molar-refractivity contribution in [3.05, 3.63) is 0 Å². The molecule has 88 valence electrons. The van der Waals surface area contributed by atoms with E-state index in [2.05, 4.69) is 0 Å². The summed E-state index contributed by atoms with van der Waals surface area (Å²) < 4.78 is 24.1.